The highest BCUT2D eigenvalue weighted by atomic mass is 79.9. The van der Waals surface area contributed by atoms with Gasteiger partial charge in [0.1, 0.15) is 5.82 Å². The molecule has 1 aromatic carbocycles. The molecule has 17 heavy (non-hydrogen) atoms. The average Bonchev–Trinajstić information content (AvgIpc) is 2.63. The Bertz CT molecular complexity index is 507. The van der Waals surface area contributed by atoms with E-state index in [1.807, 2.05) is 13.8 Å². The molecule has 6 heteroatoms. The van der Waals surface area contributed by atoms with Gasteiger partial charge >= 0.3 is 6.01 Å². The highest BCUT2D eigenvalue weighted by Crippen LogP contribution is 2.23. The summed E-state index contributed by atoms with van der Waals surface area (Å²) in [6.07, 6.45) is 0. The third kappa shape index (κ3) is 3.03. The van der Waals surface area contributed by atoms with Crippen LogP contribution in [-0.2, 0) is 0 Å². The molecule has 2 aromatic rings. The zero-order valence-corrected chi connectivity index (χ0v) is 11.0. The maximum absolute atomic E-state index is 13.2. The zero-order chi connectivity index (χ0) is 12.4. The highest BCUT2D eigenvalue weighted by Gasteiger charge is 2.10. The molecule has 0 aliphatic carbocycles. The minimum Gasteiger partial charge on any atom is -0.336 e. The Morgan fingerprint density at radius 1 is 1.35 bits per heavy atom. The van der Waals surface area contributed by atoms with E-state index in [0.717, 1.165) is 0 Å². The van der Waals surface area contributed by atoms with Crippen molar-refractivity contribution in [3.8, 4) is 11.4 Å². The fraction of sp³-hybridized carbons (Fsp3) is 0.273. The predicted octanol–water partition coefficient (Wildman–Crippen LogP) is 3.46. The number of nitrogens with one attached hydrogen (secondary N) is 1. The van der Waals surface area contributed by atoms with Crippen LogP contribution in [0.2, 0.25) is 0 Å². The van der Waals surface area contributed by atoms with E-state index in [1.54, 1.807) is 6.07 Å². The van der Waals surface area contributed by atoms with E-state index in [1.165, 1.54) is 12.1 Å². The van der Waals surface area contributed by atoms with Crippen LogP contribution in [0, 0.1) is 5.82 Å². The second-order valence-corrected chi connectivity index (χ2v) is 4.80. The normalized spacial score (nSPS) is 10.9. The van der Waals surface area contributed by atoms with Crippen LogP contribution < -0.4 is 5.32 Å². The lowest BCUT2D eigenvalue weighted by Gasteiger charge is -2.01. The Morgan fingerprint density at radius 3 is 2.76 bits per heavy atom. The number of benzene rings is 1. The molecule has 0 atom stereocenters. The first-order valence-corrected chi connectivity index (χ1v) is 5.90. The van der Waals surface area contributed by atoms with Gasteiger partial charge in [0.05, 0.1) is 0 Å². The van der Waals surface area contributed by atoms with E-state index >= 15 is 0 Å². The van der Waals surface area contributed by atoms with Gasteiger partial charge in [0.15, 0.2) is 0 Å². The van der Waals surface area contributed by atoms with Gasteiger partial charge in [0.25, 0.3) is 0 Å². The van der Waals surface area contributed by atoms with Crippen molar-refractivity contribution in [1.82, 2.24) is 10.1 Å². The van der Waals surface area contributed by atoms with E-state index in [-0.39, 0.29) is 11.9 Å². The topological polar surface area (TPSA) is 51.0 Å². The lowest BCUT2D eigenvalue weighted by Crippen LogP contribution is -2.09. The Kier molecular flexibility index (Phi) is 3.42. The minimum absolute atomic E-state index is 0.197. The van der Waals surface area contributed by atoms with Crippen LogP contribution in [0.15, 0.2) is 27.2 Å². The number of halogens is 2. The van der Waals surface area contributed by atoms with Crippen molar-refractivity contribution in [2.24, 2.45) is 0 Å². The van der Waals surface area contributed by atoms with Gasteiger partial charge in [-0.15, -0.1) is 0 Å². The third-order valence-corrected chi connectivity index (χ3v) is 2.42. The molecule has 0 aliphatic rings. The molecule has 0 aliphatic heterocycles. The summed E-state index contributed by atoms with van der Waals surface area (Å²) < 4.78 is 18.8. The molecule has 0 unspecified atom stereocenters. The molecule has 0 saturated heterocycles. The smallest absolute Gasteiger partial charge is 0.321 e. The maximum atomic E-state index is 13.2. The van der Waals surface area contributed by atoms with Gasteiger partial charge in [-0.25, -0.2) is 4.39 Å². The fourth-order valence-electron chi connectivity index (χ4n) is 1.33. The van der Waals surface area contributed by atoms with E-state index in [2.05, 4.69) is 31.4 Å². The molecule has 1 N–H and O–H groups in total. The number of hydrogen-bond acceptors (Lipinski definition) is 4. The summed E-state index contributed by atoms with van der Waals surface area (Å²) in [5.74, 6) is 0.00546. The molecule has 1 heterocycles. The van der Waals surface area contributed by atoms with Gasteiger partial charge in [-0.3, -0.25) is 0 Å². The van der Waals surface area contributed by atoms with E-state index < -0.39 is 0 Å². The number of aromatic nitrogens is 2. The number of nitrogens with zero attached hydrogens (tertiary/aromatic N) is 2. The van der Waals surface area contributed by atoms with Crippen molar-refractivity contribution >= 4 is 21.9 Å². The van der Waals surface area contributed by atoms with Crippen molar-refractivity contribution < 1.29 is 8.91 Å². The molecule has 0 radical (unpaired) electrons. The lowest BCUT2D eigenvalue weighted by molar-refractivity contribution is 0.429. The zero-order valence-electron chi connectivity index (χ0n) is 9.37. The largest absolute Gasteiger partial charge is 0.336 e. The van der Waals surface area contributed by atoms with Crippen LogP contribution in [0.5, 0.6) is 0 Å². The van der Waals surface area contributed by atoms with Crippen molar-refractivity contribution in [2.75, 3.05) is 5.32 Å². The van der Waals surface area contributed by atoms with Crippen LogP contribution in [0.25, 0.3) is 11.4 Å². The molecule has 0 amide bonds. The van der Waals surface area contributed by atoms with Gasteiger partial charge in [0.2, 0.25) is 5.82 Å². The summed E-state index contributed by atoms with van der Waals surface area (Å²) in [6, 6.07) is 4.98. The monoisotopic (exact) mass is 299 g/mol. The second kappa shape index (κ2) is 4.83. The average molecular weight is 300 g/mol. The fourth-order valence-corrected chi connectivity index (χ4v) is 1.79. The van der Waals surface area contributed by atoms with E-state index in [9.17, 15) is 4.39 Å². The first-order chi connectivity index (χ1) is 8.04. The van der Waals surface area contributed by atoms with E-state index in [4.69, 9.17) is 4.52 Å². The summed E-state index contributed by atoms with van der Waals surface area (Å²) >= 11 is 3.22. The number of hydrogen-bond donors (Lipinski definition) is 1. The Balaban J connectivity index is 2.30. The third-order valence-electron chi connectivity index (χ3n) is 1.96. The van der Waals surface area contributed by atoms with Gasteiger partial charge in [-0.1, -0.05) is 21.1 Å². The van der Waals surface area contributed by atoms with Crippen molar-refractivity contribution in [3.63, 3.8) is 0 Å². The standard InChI is InChI=1S/C11H11BrFN3O/c1-6(2)14-11-15-10(16-17-11)7-3-8(12)5-9(13)4-7/h3-6H,1-2H3,(H,14,15,16). The summed E-state index contributed by atoms with van der Waals surface area (Å²) in [5.41, 5.74) is 0.567. The van der Waals surface area contributed by atoms with Gasteiger partial charge in [-0.2, -0.15) is 4.98 Å². The van der Waals surface area contributed by atoms with E-state index in [0.29, 0.717) is 21.9 Å². The first kappa shape index (κ1) is 12.0. The maximum Gasteiger partial charge on any atom is 0.321 e. The molecule has 0 bridgehead atoms. The predicted molar refractivity (Wildman–Crippen MR) is 66.2 cm³/mol. The molecule has 0 saturated carbocycles. The summed E-state index contributed by atoms with van der Waals surface area (Å²) in [6.45, 7) is 3.92. The molecule has 0 fully saturated rings. The van der Waals surface area contributed by atoms with Gasteiger partial charge in [0, 0.05) is 16.1 Å². The van der Waals surface area contributed by atoms with Crippen molar-refractivity contribution in [1.29, 1.82) is 0 Å². The molecule has 0 spiro atoms. The molecule has 90 valence electrons. The quantitative estimate of drug-likeness (QED) is 0.943. The van der Waals surface area contributed by atoms with Crippen molar-refractivity contribution in [2.45, 2.75) is 19.9 Å². The summed E-state index contributed by atoms with van der Waals surface area (Å²) in [7, 11) is 0. The first-order valence-electron chi connectivity index (χ1n) is 5.11. The Morgan fingerprint density at radius 2 is 2.12 bits per heavy atom. The van der Waals surface area contributed by atoms with Crippen LogP contribution in [0.3, 0.4) is 0 Å². The van der Waals surface area contributed by atoms with Crippen molar-refractivity contribution in [3.05, 3.63) is 28.5 Å². The molecule has 1 aromatic heterocycles. The Labute approximate surface area is 106 Å². The summed E-state index contributed by atoms with van der Waals surface area (Å²) in [5, 5.41) is 6.76. The SMILES string of the molecule is CC(C)Nc1nc(-c2cc(F)cc(Br)c2)no1. The van der Waals surface area contributed by atoms with Gasteiger partial charge in [-0.05, 0) is 32.0 Å². The van der Waals surface area contributed by atoms with Crippen LogP contribution in [-0.4, -0.2) is 16.2 Å². The number of rotatable bonds is 3. The van der Waals surface area contributed by atoms with Crippen LogP contribution in [0.1, 0.15) is 13.8 Å². The summed E-state index contributed by atoms with van der Waals surface area (Å²) in [4.78, 5) is 4.13. The minimum atomic E-state index is -0.349. The molecule has 4 nitrogen and oxygen atoms in total. The van der Waals surface area contributed by atoms with Crippen LogP contribution in [0.4, 0.5) is 10.4 Å². The van der Waals surface area contributed by atoms with Gasteiger partial charge < -0.3 is 9.84 Å². The molecule has 2 rings (SSSR count). The van der Waals surface area contributed by atoms with Crippen LogP contribution >= 0.6 is 15.9 Å². The number of anilines is 1. The second-order valence-electron chi connectivity index (χ2n) is 3.88. The Hall–Kier alpha value is -1.43. The highest BCUT2D eigenvalue weighted by molar-refractivity contribution is 9.10. The molecular formula is C11H11BrFN3O. The lowest BCUT2D eigenvalue weighted by atomic mass is 10.2. The molecular weight excluding hydrogens is 289 g/mol.